The number of aliphatic hydroxyl groups is 1. The molecule has 1 aliphatic rings. The molecule has 7 heteroatoms. The van der Waals surface area contributed by atoms with Gasteiger partial charge in [0.15, 0.2) is 0 Å². The molecule has 0 aromatic heterocycles. The highest BCUT2D eigenvalue weighted by Crippen LogP contribution is 2.20. The minimum Gasteiger partial charge on any atom is -0.469 e. The van der Waals surface area contributed by atoms with Crippen LogP contribution >= 0.6 is 0 Å². The quantitative estimate of drug-likeness (QED) is 0.722. The van der Waals surface area contributed by atoms with E-state index in [0.29, 0.717) is 13.0 Å². The van der Waals surface area contributed by atoms with E-state index in [1.807, 2.05) is 0 Å². The summed E-state index contributed by atoms with van der Waals surface area (Å²) in [6, 6.07) is -0.352. The summed E-state index contributed by atoms with van der Waals surface area (Å²) in [7, 11) is -2.27. The summed E-state index contributed by atoms with van der Waals surface area (Å²) in [6.45, 7) is 0.256. The highest BCUT2D eigenvalue weighted by atomic mass is 32.2. The van der Waals surface area contributed by atoms with Crippen molar-refractivity contribution < 1.29 is 23.1 Å². The number of carbonyl (C=O) groups is 1. The Morgan fingerprint density at radius 1 is 1.39 bits per heavy atom. The molecule has 0 aliphatic carbocycles. The molecule has 6 nitrogen and oxygen atoms in total. The molecule has 0 aromatic rings. The van der Waals surface area contributed by atoms with E-state index >= 15 is 0 Å². The molecule has 1 aliphatic heterocycles. The zero-order valence-electron chi connectivity index (χ0n) is 10.7. The summed E-state index contributed by atoms with van der Waals surface area (Å²) in [5.41, 5.74) is 0. The lowest BCUT2D eigenvalue weighted by Crippen LogP contribution is -2.43. The topological polar surface area (TPSA) is 83.9 Å². The Morgan fingerprint density at radius 2 is 2.11 bits per heavy atom. The number of nitrogens with zero attached hydrogens (tertiary/aromatic N) is 1. The first-order valence-electron chi connectivity index (χ1n) is 6.18. The molecule has 0 spiro atoms. The van der Waals surface area contributed by atoms with Crippen LogP contribution in [0.3, 0.4) is 0 Å². The van der Waals surface area contributed by atoms with Crippen molar-refractivity contribution in [2.24, 2.45) is 0 Å². The molecular weight excluding hydrogens is 258 g/mol. The van der Waals surface area contributed by atoms with Crippen LogP contribution in [0.2, 0.25) is 0 Å². The molecule has 0 saturated carbocycles. The molecule has 0 radical (unpaired) electrons. The minimum absolute atomic E-state index is 0.145. The summed E-state index contributed by atoms with van der Waals surface area (Å²) >= 11 is 0. The van der Waals surface area contributed by atoms with Crippen LogP contribution in [-0.2, 0) is 19.6 Å². The van der Waals surface area contributed by atoms with Crippen LogP contribution in [0.15, 0.2) is 0 Å². The Labute approximate surface area is 108 Å². The van der Waals surface area contributed by atoms with Crippen molar-refractivity contribution in [3.63, 3.8) is 0 Å². The third-order valence-electron chi connectivity index (χ3n) is 3.18. The Balaban J connectivity index is 2.70. The first kappa shape index (κ1) is 15.4. The fraction of sp³-hybridized carbons (Fsp3) is 0.909. The maximum absolute atomic E-state index is 12.1. The molecule has 1 fully saturated rings. The molecule has 18 heavy (non-hydrogen) atoms. The summed E-state index contributed by atoms with van der Waals surface area (Å²) in [5, 5.41) is 9.28. The monoisotopic (exact) mass is 279 g/mol. The van der Waals surface area contributed by atoms with Gasteiger partial charge in [-0.15, -0.1) is 0 Å². The predicted octanol–water partition coefficient (Wildman–Crippen LogP) is 0.116. The number of hydrogen-bond acceptors (Lipinski definition) is 5. The lowest BCUT2D eigenvalue weighted by atomic mass is 10.1. The molecule has 1 heterocycles. The summed E-state index contributed by atoms with van der Waals surface area (Å²) in [4.78, 5) is 11.0. The molecule has 0 amide bonds. The average molecular weight is 279 g/mol. The van der Waals surface area contributed by atoms with Crippen molar-refractivity contribution in [2.75, 3.05) is 26.0 Å². The average Bonchev–Trinajstić information content (AvgIpc) is 2.61. The van der Waals surface area contributed by atoms with Crippen molar-refractivity contribution in [1.29, 1.82) is 0 Å². The predicted molar refractivity (Wildman–Crippen MR) is 66.5 cm³/mol. The van der Waals surface area contributed by atoms with Crippen LogP contribution in [-0.4, -0.2) is 55.9 Å². The van der Waals surface area contributed by atoms with Gasteiger partial charge in [0.1, 0.15) is 0 Å². The zero-order valence-corrected chi connectivity index (χ0v) is 11.5. The Hall–Kier alpha value is -0.660. The second-order valence-corrected chi connectivity index (χ2v) is 6.48. The zero-order chi connectivity index (χ0) is 13.6. The van der Waals surface area contributed by atoms with Crippen molar-refractivity contribution in [1.82, 2.24) is 4.31 Å². The number of aliphatic hydroxyl groups excluding tert-OH is 1. The molecule has 1 atom stereocenters. The van der Waals surface area contributed by atoms with E-state index in [0.717, 1.165) is 19.3 Å². The van der Waals surface area contributed by atoms with E-state index in [1.54, 1.807) is 0 Å². The van der Waals surface area contributed by atoms with E-state index in [-0.39, 0.29) is 24.8 Å². The van der Waals surface area contributed by atoms with Crippen molar-refractivity contribution >= 4 is 16.0 Å². The van der Waals surface area contributed by atoms with E-state index in [1.165, 1.54) is 11.4 Å². The summed E-state index contributed by atoms with van der Waals surface area (Å²) < 4.78 is 30.1. The van der Waals surface area contributed by atoms with Crippen LogP contribution < -0.4 is 0 Å². The number of carbonyl (C=O) groups excluding carboxylic acids is 1. The second-order valence-electron chi connectivity index (χ2n) is 4.44. The molecule has 1 rings (SSSR count). The number of sulfonamides is 1. The number of hydrogen-bond donors (Lipinski definition) is 1. The normalized spacial score (nSPS) is 22.4. The molecule has 1 unspecified atom stereocenters. The maximum atomic E-state index is 12.1. The van der Waals surface area contributed by atoms with Gasteiger partial charge >= 0.3 is 5.97 Å². The van der Waals surface area contributed by atoms with Crippen molar-refractivity contribution in [2.45, 2.75) is 38.1 Å². The summed E-state index contributed by atoms with van der Waals surface area (Å²) in [6.07, 6.45) is 3.23. The van der Waals surface area contributed by atoms with E-state index in [2.05, 4.69) is 4.74 Å². The second kappa shape index (κ2) is 7.06. The fourth-order valence-electron chi connectivity index (χ4n) is 2.13. The smallest absolute Gasteiger partial charge is 0.306 e. The Bertz CT molecular complexity index is 368. The largest absolute Gasteiger partial charge is 0.469 e. The first-order valence-corrected chi connectivity index (χ1v) is 7.79. The molecule has 0 bridgehead atoms. The standard InChI is InChI=1S/C11H21NO5S/c1-17-11(14)6-8-18(15,16)12-7-4-2-3-5-10(12)9-13/h10,13H,2-9H2,1H3. The van der Waals surface area contributed by atoms with E-state index in [9.17, 15) is 18.3 Å². The van der Waals surface area contributed by atoms with Crippen LogP contribution in [0.25, 0.3) is 0 Å². The molecule has 1 saturated heterocycles. The third-order valence-corrected chi connectivity index (χ3v) is 5.10. The van der Waals surface area contributed by atoms with Gasteiger partial charge in [-0.25, -0.2) is 8.42 Å². The highest BCUT2D eigenvalue weighted by Gasteiger charge is 2.30. The molecular formula is C11H21NO5S. The highest BCUT2D eigenvalue weighted by molar-refractivity contribution is 7.89. The number of esters is 1. The van der Waals surface area contributed by atoms with Crippen LogP contribution in [0.5, 0.6) is 0 Å². The Morgan fingerprint density at radius 3 is 2.72 bits per heavy atom. The van der Waals surface area contributed by atoms with Gasteiger partial charge in [-0.3, -0.25) is 4.79 Å². The van der Waals surface area contributed by atoms with Gasteiger partial charge in [-0.1, -0.05) is 12.8 Å². The molecule has 1 N–H and O–H groups in total. The van der Waals surface area contributed by atoms with Gasteiger partial charge in [0.2, 0.25) is 10.0 Å². The van der Waals surface area contributed by atoms with Gasteiger partial charge < -0.3 is 9.84 Å². The van der Waals surface area contributed by atoms with Gasteiger partial charge in [0.25, 0.3) is 0 Å². The molecule has 106 valence electrons. The van der Waals surface area contributed by atoms with Gasteiger partial charge in [-0.2, -0.15) is 4.31 Å². The number of ether oxygens (including phenoxy) is 1. The Kier molecular flexibility index (Phi) is 6.04. The lowest BCUT2D eigenvalue weighted by molar-refractivity contribution is -0.140. The van der Waals surface area contributed by atoms with Crippen LogP contribution in [0, 0.1) is 0 Å². The fourth-order valence-corrected chi connectivity index (χ4v) is 3.82. The lowest BCUT2D eigenvalue weighted by Gasteiger charge is -2.27. The van der Waals surface area contributed by atoms with Crippen molar-refractivity contribution in [3.05, 3.63) is 0 Å². The summed E-state index contributed by atoms with van der Waals surface area (Å²) in [5.74, 6) is -0.787. The molecule has 0 aromatic carbocycles. The van der Waals surface area contributed by atoms with E-state index < -0.39 is 16.0 Å². The number of rotatable bonds is 5. The minimum atomic E-state index is -3.50. The van der Waals surface area contributed by atoms with Gasteiger partial charge in [-0.05, 0) is 12.8 Å². The SMILES string of the molecule is COC(=O)CCS(=O)(=O)N1CCCCCC1CO. The van der Waals surface area contributed by atoms with Crippen LogP contribution in [0.1, 0.15) is 32.1 Å². The van der Waals surface area contributed by atoms with Gasteiger partial charge in [0.05, 0.1) is 25.9 Å². The van der Waals surface area contributed by atoms with Gasteiger partial charge in [0, 0.05) is 12.6 Å². The number of methoxy groups -OCH3 is 1. The first-order chi connectivity index (χ1) is 8.51. The third kappa shape index (κ3) is 4.22. The maximum Gasteiger partial charge on any atom is 0.306 e. The van der Waals surface area contributed by atoms with Crippen molar-refractivity contribution in [3.8, 4) is 0 Å². The van der Waals surface area contributed by atoms with E-state index in [4.69, 9.17) is 0 Å². The van der Waals surface area contributed by atoms with Crippen LogP contribution in [0.4, 0.5) is 0 Å².